The molecule has 0 saturated heterocycles. The maximum absolute atomic E-state index is 2.47. The fourth-order valence-electron chi connectivity index (χ4n) is 23.3. The van der Waals surface area contributed by atoms with Crippen molar-refractivity contribution >= 4 is 130 Å². The Kier molecular flexibility index (Phi) is 22.2. The predicted molar refractivity (Wildman–Crippen MR) is 615 cm³/mol. The maximum Gasteiger partial charge on any atom is 0.0496 e. The van der Waals surface area contributed by atoms with Gasteiger partial charge >= 0.3 is 0 Å². The molecule has 0 aliphatic carbocycles. The van der Waals surface area contributed by atoms with Gasteiger partial charge in [-0.2, -0.15) is 0 Å². The van der Waals surface area contributed by atoms with Gasteiger partial charge in [0, 0.05) is 84.0 Å². The summed E-state index contributed by atoms with van der Waals surface area (Å²) in [5.74, 6) is 0. The molecule has 678 valence electrons. The molecular weight excluding hydrogens is 1720 g/mol. The van der Waals surface area contributed by atoms with E-state index in [0.29, 0.717) is 0 Å². The molecule has 0 atom stereocenters. The Labute approximate surface area is 834 Å². The predicted octanol–water partition coefficient (Wildman–Crippen LogP) is 39.1. The van der Waals surface area contributed by atoms with Gasteiger partial charge in [-0.1, -0.05) is 437 Å². The number of rotatable bonds is 14. The van der Waals surface area contributed by atoms with Gasteiger partial charge in [-0.05, 0) is 306 Å². The largest absolute Gasteiger partial charge is 0.341 e. The van der Waals surface area contributed by atoms with Crippen molar-refractivity contribution in [2.24, 2.45) is 0 Å². The zero-order valence-electron chi connectivity index (χ0n) is 80.8. The number of hydrogen-bond acceptors (Lipinski definition) is 0. The molecule has 27 aromatic rings. The molecule has 0 radical (unpaired) electrons. The minimum atomic E-state index is -0.00781. The number of nitrogens with zero attached hydrogens (tertiary/aromatic N) is 3. The summed E-state index contributed by atoms with van der Waals surface area (Å²) in [6, 6.07) is 187. The fourth-order valence-corrected chi connectivity index (χ4v) is 23.3. The second-order valence-corrected chi connectivity index (χ2v) is 38.8. The zero-order valence-corrected chi connectivity index (χ0v) is 80.8. The quantitative estimate of drug-likeness (QED) is 0.0964. The first kappa shape index (κ1) is 86.8. The third kappa shape index (κ3) is 15.4. The third-order valence-corrected chi connectivity index (χ3v) is 29.6. The van der Waals surface area contributed by atoms with Crippen LogP contribution in [-0.2, 0) is 18.6 Å². The number of fused-ring (bicyclic) bond motifs is 15. The Morgan fingerprint density at radius 1 is 0.140 bits per heavy atom. The molecule has 0 amide bonds. The first-order chi connectivity index (χ1) is 70.5. The van der Waals surface area contributed by atoms with Crippen molar-refractivity contribution in [2.45, 2.75) is 53.2 Å². The topological polar surface area (TPSA) is 14.8 Å². The van der Waals surface area contributed by atoms with Crippen LogP contribution in [0.3, 0.4) is 0 Å². The van der Waals surface area contributed by atoms with Crippen LogP contribution in [0.5, 0.6) is 0 Å². The summed E-state index contributed by atoms with van der Waals surface area (Å²) >= 11 is 0. The molecule has 0 aliphatic rings. The normalized spacial score (nSPS) is 11.7. The van der Waals surface area contributed by atoms with Crippen LogP contribution in [0.4, 0.5) is 0 Å². The molecule has 143 heavy (non-hydrogen) atoms. The first-order valence-electron chi connectivity index (χ1n) is 50.2. The first-order valence-corrected chi connectivity index (χ1v) is 50.2. The van der Waals surface area contributed by atoms with Gasteiger partial charge in [-0.3, -0.25) is 0 Å². The van der Waals surface area contributed by atoms with Gasteiger partial charge in [-0.15, -0.1) is 0 Å². The van der Waals surface area contributed by atoms with Crippen molar-refractivity contribution < 1.29 is 0 Å². The Morgan fingerprint density at radius 3 is 0.671 bits per heavy atom. The summed E-state index contributed by atoms with van der Waals surface area (Å²) in [5, 5.41) is 23.1. The minimum absolute atomic E-state index is 0.00781. The SMILES string of the molecule is CC(C)(C)n1c2ccccc2c2cc(-c3ccc(-c4c5ccccc5c(-c5ccccc5)c5ccccc45)cc3)ccc21.CCn1c2ccccc2c2cc(-c3ccc(-c4c5ccccc5c(-c5cc(-c6ccccc6)cc(-c6ccccc6)c5)c5ccccc45)cc3)ccc21.CCn1c2ccccc2c2cc(-c3ccc(-c4c5ccccc5c(-c5ccccc5-c5ccccc5)c5ccccc45)cc3)ccc21. The molecule has 24 aromatic carbocycles. The number of hydrogen-bond donors (Lipinski definition) is 0. The standard InChI is InChI=1S/C52H37N.C46H33N.C42H33N/c1-2-53-49-24-14-13-19-43(49)48-34-39(29-30-50(48)53)37-25-27-38(28-26-37)51-44-20-9-11-22-46(44)52(47-23-12-10-21-45(47)51)42-32-40(35-15-5-3-6-16-35)31-41(33-42)36-17-7-4-8-18-36;1-2-47-43-23-13-12-17-36(43)42-30-34(28-29-44(42)47)31-24-26-33(27-25-31)45-38-19-8-10-21-40(38)46(41-22-11-9-20-39(41)45)37-18-7-6-16-35(37)32-14-4-3-5-15-32;1-42(2,3)43-38-20-12-11-15-32(38)37-27-31(25-26-39(37)43)28-21-23-30(24-22-28)41-35-18-9-7-16-33(35)40(29-13-5-4-6-14-29)34-17-8-10-19-36(34)41/h3-34H,2H2,1H3;3-30H,2H2,1H3;4-27H,1-3H3. The van der Waals surface area contributed by atoms with Crippen LogP contribution >= 0.6 is 0 Å². The highest BCUT2D eigenvalue weighted by Gasteiger charge is 2.26. The molecule has 27 rings (SSSR count). The van der Waals surface area contributed by atoms with E-state index in [-0.39, 0.29) is 5.54 Å². The molecular formula is C140H103N3. The van der Waals surface area contributed by atoms with Gasteiger partial charge < -0.3 is 13.7 Å². The van der Waals surface area contributed by atoms with Gasteiger partial charge in [0.15, 0.2) is 0 Å². The number of benzene rings is 24. The molecule has 0 N–H and O–H groups in total. The van der Waals surface area contributed by atoms with Crippen molar-refractivity contribution in [3.63, 3.8) is 0 Å². The van der Waals surface area contributed by atoms with E-state index in [4.69, 9.17) is 0 Å². The molecule has 3 aromatic heterocycles. The van der Waals surface area contributed by atoms with E-state index in [9.17, 15) is 0 Å². The van der Waals surface area contributed by atoms with E-state index in [1.807, 2.05) is 0 Å². The van der Waals surface area contributed by atoms with Gasteiger partial charge in [0.2, 0.25) is 0 Å². The number of para-hydroxylation sites is 3. The minimum Gasteiger partial charge on any atom is -0.341 e. The van der Waals surface area contributed by atoms with Crippen LogP contribution in [-0.4, -0.2) is 13.7 Å². The van der Waals surface area contributed by atoms with E-state index >= 15 is 0 Å². The molecule has 3 nitrogen and oxygen atoms in total. The lowest BCUT2D eigenvalue weighted by Gasteiger charge is -2.24. The van der Waals surface area contributed by atoms with Crippen LogP contribution in [0.15, 0.2) is 510 Å². The Hall–Kier alpha value is -17.8. The van der Waals surface area contributed by atoms with Crippen LogP contribution in [0.1, 0.15) is 34.6 Å². The maximum atomic E-state index is 2.47. The number of aryl methyl sites for hydroxylation is 2. The molecule has 0 saturated carbocycles. The Bertz CT molecular complexity index is 9360. The van der Waals surface area contributed by atoms with E-state index in [0.717, 1.165) is 13.1 Å². The average molecular weight is 1830 g/mol. The second kappa shape index (κ2) is 36.5. The smallest absolute Gasteiger partial charge is 0.0496 e. The molecule has 0 unspecified atom stereocenters. The molecule has 3 heteroatoms. The zero-order chi connectivity index (χ0) is 95.8. The van der Waals surface area contributed by atoms with Crippen LogP contribution < -0.4 is 0 Å². The second-order valence-electron chi connectivity index (χ2n) is 38.8. The van der Waals surface area contributed by atoms with E-state index < -0.39 is 0 Å². The highest BCUT2D eigenvalue weighted by Crippen LogP contribution is 2.52. The van der Waals surface area contributed by atoms with E-state index in [1.54, 1.807) is 0 Å². The molecule has 3 heterocycles. The molecule has 0 bridgehead atoms. The summed E-state index contributed by atoms with van der Waals surface area (Å²) < 4.78 is 7.30. The van der Waals surface area contributed by atoms with E-state index in [2.05, 4.69) is 558 Å². The van der Waals surface area contributed by atoms with Crippen molar-refractivity contribution in [2.75, 3.05) is 0 Å². The summed E-state index contributed by atoms with van der Waals surface area (Å²) in [6.07, 6.45) is 0. The molecule has 0 spiro atoms. The summed E-state index contributed by atoms with van der Waals surface area (Å²) in [5.41, 5.74) is 37.6. The summed E-state index contributed by atoms with van der Waals surface area (Å²) in [7, 11) is 0. The average Bonchev–Trinajstić information content (AvgIpc) is 1.54. The van der Waals surface area contributed by atoms with Crippen molar-refractivity contribution in [3.8, 4) is 134 Å². The highest BCUT2D eigenvalue weighted by atomic mass is 15.0. The lowest BCUT2D eigenvalue weighted by molar-refractivity contribution is 0.423. The van der Waals surface area contributed by atoms with Crippen LogP contribution in [0, 0.1) is 0 Å². The monoisotopic (exact) mass is 1830 g/mol. The third-order valence-electron chi connectivity index (χ3n) is 29.6. The van der Waals surface area contributed by atoms with Crippen molar-refractivity contribution in [1.29, 1.82) is 0 Å². The van der Waals surface area contributed by atoms with Gasteiger partial charge in [0.1, 0.15) is 0 Å². The van der Waals surface area contributed by atoms with Gasteiger partial charge in [0.05, 0.1) is 0 Å². The van der Waals surface area contributed by atoms with Crippen LogP contribution in [0.2, 0.25) is 0 Å². The van der Waals surface area contributed by atoms with Crippen LogP contribution in [0.25, 0.3) is 264 Å². The van der Waals surface area contributed by atoms with Crippen molar-refractivity contribution in [1.82, 2.24) is 13.7 Å². The van der Waals surface area contributed by atoms with Gasteiger partial charge in [-0.25, -0.2) is 0 Å². The fraction of sp³-hybridized carbons (Fsp3) is 0.0571. The number of aromatic nitrogens is 3. The molecule has 0 fully saturated rings. The van der Waals surface area contributed by atoms with Crippen molar-refractivity contribution in [3.05, 3.63) is 510 Å². The summed E-state index contributed by atoms with van der Waals surface area (Å²) in [6.45, 7) is 13.2. The Balaban J connectivity index is 0.000000113. The summed E-state index contributed by atoms with van der Waals surface area (Å²) in [4.78, 5) is 0. The van der Waals surface area contributed by atoms with Gasteiger partial charge in [0.25, 0.3) is 0 Å². The lowest BCUT2D eigenvalue weighted by atomic mass is 9.83. The Morgan fingerprint density at radius 2 is 0.343 bits per heavy atom. The lowest BCUT2D eigenvalue weighted by Crippen LogP contribution is -2.21. The van der Waals surface area contributed by atoms with E-state index in [1.165, 1.54) is 264 Å². The molecule has 0 aliphatic heterocycles. The highest BCUT2D eigenvalue weighted by molar-refractivity contribution is 6.26.